The van der Waals surface area contributed by atoms with E-state index in [1.54, 1.807) is 0 Å². The van der Waals surface area contributed by atoms with Gasteiger partial charge in [-0.2, -0.15) is 9.78 Å². The van der Waals surface area contributed by atoms with Crippen LogP contribution in [0.5, 0.6) is 0 Å². The van der Waals surface area contributed by atoms with Crippen LogP contribution >= 0.6 is 0 Å². The van der Waals surface area contributed by atoms with E-state index in [1.165, 1.54) is 38.5 Å². The Balaban J connectivity index is 1.59. The van der Waals surface area contributed by atoms with Crippen molar-refractivity contribution in [1.29, 1.82) is 0 Å². The third-order valence-corrected chi connectivity index (χ3v) is 5.66. The molecule has 2 bridgehead atoms. The Morgan fingerprint density at radius 1 is 0.842 bits per heavy atom. The van der Waals surface area contributed by atoms with Crippen LogP contribution in [-0.2, 0) is 14.5 Å². The molecule has 1 saturated heterocycles. The normalized spacial score (nSPS) is 53.8. The molecule has 1 N–H and O–H groups in total. The van der Waals surface area contributed by atoms with Gasteiger partial charge < -0.3 is 9.84 Å². The summed E-state index contributed by atoms with van der Waals surface area (Å²) in [6, 6.07) is 0. The van der Waals surface area contributed by atoms with E-state index in [9.17, 15) is 5.11 Å². The molecule has 3 saturated carbocycles. The van der Waals surface area contributed by atoms with Crippen molar-refractivity contribution in [2.24, 2.45) is 11.8 Å². The molecule has 1 aliphatic heterocycles. The number of hydrogen-bond acceptors (Lipinski definition) is 4. The minimum absolute atomic E-state index is 0.309. The van der Waals surface area contributed by atoms with Crippen molar-refractivity contribution < 1.29 is 19.6 Å². The molecule has 2 spiro atoms. The zero-order valence-corrected chi connectivity index (χ0v) is 11.5. The molecule has 3 aliphatic carbocycles. The zero-order chi connectivity index (χ0) is 12.9. The van der Waals surface area contributed by atoms with E-state index in [0.717, 1.165) is 19.3 Å². The first kappa shape index (κ1) is 12.6. The predicted molar refractivity (Wildman–Crippen MR) is 67.9 cm³/mol. The van der Waals surface area contributed by atoms with Crippen LogP contribution in [0.3, 0.4) is 0 Å². The number of hydrogen-bond donors (Lipinski definition) is 1. The minimum Gasteiger partial charge on any atom is -0.393 e. The van der Waals surface area contributed by atoms with Gasteiger partial charge in [-0.1, -0.05) is 12.8 Å². The van der Waals surface area contributed by atoms with Crippen molar-refractivity contribution in [3.05, 3.63) is 0 Å². The number of aliphatic hydroxyl groups is 1. The van der Waals surface area contributed by atoms with Crippen LogP contribution in [-0.4, -0.2) is 22.8 Å². The summed E-state index contributed by atoms with van der Waals surface area (Å²) in [5, 5.41) is 9.91. The van der Waals surface area contributed by atoms with Gasteiger partial charge in [0.1, 0.15) is 0 Å². The molecule has 4 heteroatoms. The second kappa shape index (κ2) is 4.42. The van der Waals surface area contributed by atoms with Gasteiger partial charge in [-0.25, -0.2) is 0 Å². The van der Waals surface area contributed by atoms with Gasteiger partial charge in [0.2, 0.25) is 11.6 Å². The number of rotatable bonds is 0. The molecule has 0 amide bonds. The van der Waals surface area contributed by atoms with Gasteiger partial charge in [0.05, 0.1) is 6.10 Å². The van der Waals surface area contributed by atoms with Gasteiger partial charge in [0.25, 0.3) is 0 Å². The molecule has 19 heavy (non-hydrogen) atoms. The minimum atomic E-state index is -0.664. The summed E-state index contributed by atoms with van der Waals surface area (Å²) in [5.41, 5.74) is 0. The molecule has 0 aromatic carbocycles. The molecule has 0 unspecified atom stereocenters. The highest BCUT2D eigenvalue weighted by Gasteiger charge is 2.62. The molecule has 0 radical (unpaired) electrons. The van der Waals surface area contributed by atoms with Crippen LogP contribution in [0.25, 0.3) is 0 Å². The highest BCUT2D eigenvalue weighted by atomic mass is 17.3. The Bertz CT molecular complexity index is 336. The molecule has 4 aliphatic rings. The van der Waals surface area contributed by atoms with Crippen molar-refractivity contribution in [3.63, 3.8) is 0 Å². The van der Waals surface area contributed by atoms with E-state index in [0.29, 0.717) is 18.3 Å². The van der Waals surface area contributed by atoms with E-state index >= 15 is 0 Å². The molecule has 108 valence electrons. The molecule has 1 heterocycles. The van der Waals surface area contributed by atoms with E-state index in [4.69, 9.17) is 14.5 Å². The Hall–Kier alpha value is -0.160. The Kier molecular flexibility index (Phi) is 2.92. The average molecular weight is 268 g/mol. The topological polar surface area (TPSA) is 47.9 Å². The number of aliphatic hydroxyl groups excluding tert-OH is 1. The predicted octanol–water partition coefficient (Wildman–Crippen LogP) is 2.89. The van der Waals surface area contributed by atoms with Gasteiger partial charge >= 0.3 is 0 Å². The summed E-state index contributed by atoms with van der Waals surface area (Å²) in [4.78, 5) is 11.6. The van der Waals surface area contributed by atoms with E-state index < -0.39 is 11.6 Å². The second-order valence-electron chi connectivity index (χ2n) is 6.91. The lowest BCUT2D eigenvalue weighted by atomic mass is 9.67. The SMILES string of the molecule is O[C@@H]1CCC[C@]2(C1)OOC1(O2)C2CCCC1CCC2. The van der Waals surface area contributed by atoms with Crippen LogP contribution < -0.4 is 0 Å². The maximum Gasteiger partial charge on any atom is 0.210 e. The average Bonchev–Trinajstić information content (AvgIpc) is 2.68. The van der Waals surface area contributed by atoms with Gasteiger partial charge in [-0.15, -0.1) is 0 Å². The first-order valence-electron chi connectivity index (χ1n) is 7.98. The molecular weight excluding hydrogens is 244 g/mol. The summed E-state index contributed by atoms with van der Waals surface area (Å²) in [6.45, 7) is 0. The van der Waals surface area contributed by atoms with Crippen molar-refractivity contribution in [2.45, 2.75) is 81.9 Å². The molecule has 0 aromatic heterocycles. The Morgan fingerprint density at radius 3 is 2.16 bits per heavy atom. The van der Waals surface area contributed by atoms with Gasteiger partial charge in [-0.3, -0.25) is 0 Å². The fourth-order valence-electron chi connectivity index (χ4n) is 4.76. The number of ether oxygens (including phenoxy) is 1. The molecule has 4 rings (SSSR count). The van der Waals surface area contributed by atoms with Crippen LogP contribution in [0, 0.1) is 11.8 Å². The summed E-state index contributed by atoms with van der Waals surface area (Å²) in [7, 11) is 0. The first-order chi connectivity index (χ1) is 9.23. The van der Waals surface area contributed by atoms with E-state index in [2.05, 4.69) is 0 Å². The quantitative estimate of drug-likeness (QED) is 0.686. The third-order valence-electron chi connectivity index (χ3n) is 5.66. The fourth-order valence-corrected chi connectivity index (χ4v) is 4.76. The molecule has 2 atom stereocenters. The lowest BCUT2D eigenvalue weighted by Gasteiger charge is -2.48. The second-order valence-corrected chi connectivity index (χ2v) is 6.91. The molecule has 4 fully saturated rings. The van der Waals surface area contributed by atoms with Crippen LogP contribution in [0.1, 0.15) is 64.2 Å². The van der Waals surface area contributed by atoms with E-state index in [-0.39, 0.29) is 6.10 Å². The standard InChI is InChI=1S/C15H24O4/c16-13-8-3-9-14(10-13)17-15(19-18-14)11-4-1-5-12(15)7-2-6-11/h11-13,16H,1-10H2/t11?,12?,13-,14-,15?/m1/s1. The van der Waals surface area contributed by atoms with Crippen LogP contribution in [0.2, 0.25) is 0 Å². The first-order valence-corrected chi connectivity index (χ1v) is 7.98. The Morgan fingerprint density at radius 2 is 1.53 bits per heavy atom. The largest absolute Gasteiger partial charge is 0.393 e. The highest BCUT2D eigenvalue weighted by molar-refractivity contribution is 4.98. The summed E-state index contributed by atoms with van der Waals surface area (Å²) in [5.74, 6) is -0.187. The smallest absolute Gasteiger partial charge is 0.210 e. The van der Waals surface area contributed by atoms with Gasteiger partial charge in [0.15, 0.2) is 0 Å². The van der Waals surface area contributed by atoms with Crippen molar-refractivity contribution in [2.75, 3.05) is 0 Å². The molecular formula is C15H24O4. The summed E-state index contributed by atoms with van der Waals surface area (Å²) in [6.07, 6.45) is 10.3. The van der Waals surface area contributed by atoms with Crippen molar-refractivity contribution in [1.82, 2.24) is 0 Å². The monoisotopic (exact) mass is 268 g/mol. The Labute approximate surface area is 114 Å². The summed E-state index contributed by atoms with van der Waals surface area (Å²) >= 11 is 0. The van der Waals surface area contributed by atoms with E-state index in [1.807, 2.05) is 0 Å². The lowest BCUT2D eigenvalue weighted by molar-refractivity contribution is -0.382. The van der Waals surface area contributed by atoms with Crippen molar-refractivity contribution >= 4 is 0 Å². The van der Waals surface area contributed by atoms with Gasteiger partial charge in [-0.05, 0) is 38.5 Å². The lowest BCUT2D eigenvalue weighted by Crippen LogP contribution is -2.53. The highest BCUT2D eigenvalue weighted by Crippen LogP contribution is 2.57. The summed E-state index contributed by atoms with van der Waals surface area (Å²) < 4.78 is 6.45. The molecule has 0 aromatic rings. The third kappa shape index (κ3) is 1.88. The maximum absolute atomic E-state index is 9.91. The molecule has 4 nitrogen and oxygen atoms in total. The van der Waals surface area contributed by atoms with Gasteiger partial charge in [0, 0.05) is 24.7 Å². The van der Waals surface area contributed by atoms with Crippen molar-refractivity contribution in [3.8, 4) is 0 Å². The fraction of sp³-hybridized carbons (Fsp3) is 1.00. The van der Waals surface area contributed by atoms with Crippen LogP contribution in [0.15, 0.2) is 0 Å². The maximum atomic E-state index is 9.91. The zero-order valence-electron chi connectivity index (χ0n) is 11.5. The van der Waals surface area contributed by atoms with Crippen LogP contribution in [0.4, 0.5) is 0 Å².